The molecule has 2 amide bonds. The summed E-state index contributed by atoms with van der Waals surface area (Å²) in [5, 5.41) is 17.6. The van der Waals surface area contributed by atoms with Gasteiger partial charge >= 0.3 is 6.09 Å². The fourth-order valence-electron chi connectivity index (χ4n) is 3.81. The molecule has 0 aliphatic carbocycles. The first-order valence-electron chi connectivity index (χ1n) is 11.1. The van der Waals surface area contributed by atoms with Crippen LogP contribution in [0, 0.1) is 0 Å². The van der Waals surface area contributed by atoms with Crippen molar-refractivity contribution in [2.24, 2.45) is 0 Å². The van der Waals surface area contributed by atoms with E-state index in [2.05, 4.69) is 15.2 Å². The monoisotopic (exact) mass is 449 g/mol. The number of rotatable bonds is 7. The van der Waals surface area contributed by atoms with Gasteiger partial charge in [0.05, 0.1) is 18.4 Å². The number of carbonyl (C=O) groups excluding carboxylic acids is 2. The largest absolute Gasteiger partial charge is 0.449 e. The molecule has 9 nitrogen and oxygen atoms in total. The van der Waals surface area contributed by atoms with Gasteiger partial charge in [-0.3, -0.25) is 9.89 Å². The Labute approximate surface area is 191 Å². The molecule has 33 heavy (non-hydrogen) atoms. The summed E-state index contributed by atoms with van der Waals surface area (Å²) < 4.78 is 5.36. The van der Waals surface area contributed by atoms with Gasteiger partial charge in [-0.05, 0) is 49.6 Å². The first kappa shape index (κ1) is 22.5. The predicted octanol–water partition coefficient (Wildman–Crippen LogP) is 2.99. The average Bonchev–Trinajstić information content (AvgIpc) is 3.26. The van der Waals surface area contributed by atoms with Crippen molar-refractivity contribution < 1.29 is 19.4 Å². The van der Waals surface area contributed by atoms with Gasteiger partial charge in [0.1, 0.15) is 0 Å². The summed E-state index contributed by atoms with van der Waals surface area (Å²) in [7, 11) is 0. The number of H-pyrrole nitrogens is 1. The number of pyridine rings is 1. The lowest BCUT2D eigenvalue weighted by atomic mass is 10.1. The zero-order valence-corrected chi connectivity index (χ0v) is 18.3. The standard InChI is InChI=1S/C24H27N5O4/c30-19-9-5-14-28(17-19)24(32)33-16-6-15-29(18-7-2-1-3-8-18)22(31)12-11-21-20-10-4-13-25-23(20)27-26-21/h1-4,7-8,10-13,19,30H,5-6,9,14-17H2,(H,25,26,27)/b12-11+. The number of β-amino-alcohol motifs (C(OH)–C–C–N with tert-alkyl or cyclic N) is 1. The second-order valence-corrected chi connectivity index (χ2v) is 7.88. The van der Waals surface area contributed by atoms with Gasteiger partial charge in [-0.25, -0.2) is 9.78 Å². The highest BCUT2D eigenvalue weighted by molar-refractivity contribution is 6.04. The SMILES string of the molecule is O=C(OCCCN(C(=O)/C=C/c1[nH]nc2ncccc12)c1ccccc1)N1CCCC(O)C1. The van der Waals surface area contributed by atoms with E-state index in [-0.39, 0.29) is 12.5 Å². The van der Waals surface area contributed by atoms with Gasteiger partial charge in [0.2, 0.25) is 0 Å². The Kier molecular flexibility index (Phi) is 7.31. The van der Waals surface area contributed by atoms with E-state index in [1.54, 1.807) is 17.2 Å². The number of carbonyl (C=O) groups is 2. The van der Waals surface area contributed by atoms with Gasteiger partial charge < -0.3 is 19.6 Å². The van der Waals surface area contributed by atoms with Gasteiger partial charge in [0.15, 0.2) is 5.65 Å². The zero-order chi connectivity index (χ0) is 23.0. The third-order valence-corrected chi connectivity index (χ3v) is 5.49. The summed E-state index contributed by atoms with van der Waals surface area (Å²) >= 11 is 0. The lowest BCUT2D eigenvalue weighted by Gasteiger charge is -2.29. The molecule has 1 saturated heterocycles. The maximum atomic E-state index is 13.0. The fourth-order valence-corrected chi connectivity index (χ4v) is 3.81. The van der Waals surface area contributed by atoms with Gasteiger partial charge in [-0.15, -0.1) is 0 Å². The van der Waals surface area contributed by atoms with E-state index >= 15 is 0 Å². The van der Waals surface area contributed by atoms with E-state index in [1.165, 1.54) is 11.0 Å². The molecule has 3 heterocycles. The molecule has 0 radical (unpaired) electrons. The molecule has 0 bridgehead atoms. The molecule has 0 spiro atoms. The number of hydrogen-bond donors (Lipinski definition) is 2. The maximum Gasteiger partial charge on any atom is 0.409 e. The molecule has 1 unspecified atom stereocenters. The normalized spacial score (nSPS) is 16.3. The number of nitrogens with zero attached hydrogens (tertiary/aromatic N) is 4. The Hall–Kier alpha value is -3.72. The van der Waals surface area contributed by atoms with E-state index in [9.17, 15) is 14.7 Å². The lowest BCUT2D eigenvalue weighted by Crippen LogP contribution is -2.42. The van der Waals surface area contributed by atoms with Crippen LogP contribution in [0.4, 0.5) is 10.5 Å². The number of fused-ring (bicyclic) bond motifs is 1. The number of hydrogen-bond acceptors (Lipinski definition) is 6. The summed E-state index contributed by atoms with van der Waals surface area (Å²) in [5.74, 6) is -0.196. The van der Waals surface area contributed by atoms with Crippen LogP contribution < -0.4 is 4.90 Å². The highest BCUT2D eigenvalue weighted by Gasteiger charge is 2.23. The summed E-state index contributed by atoms with van der Waals surface area (Å²) in [5.41, 5.74) is 2.05. The second-order valence-electron chi connectivity index (χ2n) is 7.88. The molecule has 4 rings (SSSR count). The van der Waals surface area contributed by atoms with Crippen LogP contribution >= 0.6 is 0 Å². The summed E-state index contributed by atoms with van der Waals surface area (Å²) in [6.45, 7) is 1.46. The molecular weight excluding hydrogens is 422 g/mol. The maximum absolute atomic E-state index is 13.0. The molecule has 3 aromatic rings. The van der Waals surface area contributed by atoms with Crippen molar-refractivity contribution in [2.45, 2.75) is 25.4 Å². The number of benzene rings is 1. The molecule has 9 heteroatoms. The van der Waals surface area contributed by atoms with Crippen LogP contribution in [0.5, 0.6) is 0 Å². The number of likely N-dealkylation sites (tertiary alicyclic amines) is 1. The molecule has 1 fully saturated rings. The molecule has 2 N–H and O–H groups in total. The summed E-state index contributed by atoms with van der Waals surface area (Å²) in [6, 6.07) is 13.1. The average molecular weight is 450 g/mol. The van der Waals surface area contributed by atoms with Crippen molar-refractivity contribution in [3.05, 3.63) is 60.4 Å². The Balaban J connectivity index is 1.37. The topological polar surface area (TPSA) is 112 Å². The molecule has 172 valence electrons. The molecular formula is C24H27N5O4. The number of para-hydroxylation sites is 1. The molecule has 1 aliphatic heterocycles. The minimum absolute atomic E-state index is 0.183. The van der Waals surface area contributed by atoms with Gasteiger partial charge in [0, 0.05) is 43.0 Å². The quantitative estimate of drug-likeness (QED) is 0.424. The highest BCUT2D eigenvalue weighted by atomic mass is 16.6. The van der Waals surface area contributed by atoms with Crippen LogP contribution in [0.1, 0.15) is 25.0 Å². The van der Waals surface area contributed by atoms with Crippen molar-refractivity contribution in [3.8, 4) is 0 Å². The number of piperidine rings is 1. The number of aliphatic hydroxyl groups is 1. The molecule has 2 aromatic heterocycles. The Bertz CT molecular complexity index is 1110. The van der Waals surface area contributed by atoms with Crippen LogP contribution in [0.25, 0.3) is 17.1 Å². The van der Waals surface area contributed by atoms with Gasteiger partial charge in [0.25, 0.3) is 5.91 Å². The van der Waals surface area contributed by atoms with Gasteiger partial charge in [-0.2, -0.15) is 5.10 Å². The zero-order valence-electron chi connectivity index (χ0n) is 18.3. The number of aliphatic hydroxyl groups excluding tert-OH is 1. The first-order valence-corrected chi connectivity index (χ1v) is 11.1. The number of nitrogens with one attached hydrogen (secondary N) is 1. The van der Waals surface area contributed by atoms with Crippen molar-refractivity contribution >= 4 is 34.8 Å². The third kappa shape index (κ3) is 5.75. The Morgan fingerprint density at radius 2 is 2.09 bits per heavy atom. The van der Waals surface area contributed by atoms with Gasteiger partial charge in [-0.1, -0.05) is 18.2 Å². The minimum atomic E-state index is -0.493. The molecule has 1 atom stereocenters. The fraction of sp³-hybridized carbons (Fsp3) is 0.333. The van der Waals surface area contributed by atoms with Crippen LogP contribution in [0.2, 0.25) is 0 Å². The van der Waals surface area contributed by atoms with Crippen molar-refractivity contribution in [1.82, 2.24) is 20.1 Å². The van der Waals surface area contributed by atoms with E-state index in [1.807, 2.05) is 42.5 Å². The Morgan fingerprint density at radius 3 is 2.91 bits per heavy atom. The van der Waals surface area contributed by atoms with Crippen molar-refractivity contribution in [1.29, 1.82) is 0 Å². The highest BCUT2D eigenvalue weighted by Crippen LogP contribution is 2.17. The smallest absolute Gasteiger partial charge is 0.409 e. The van der Waals surface area contributed by atoms with Crippen molar-refractivity contribution in [2.75, 3.05) is 31.1 Å². The van der Waals surface area contributed by atoms with Crippen LogP contribution in [0.15, 0.2) is 54.7 Å². The number of aromatic nitrogens is 3. The summed E-state index contributed by atoms with van der Waals surface area (Å²) in [6.07, 6.45) is 5.88. The summed E-state index contributed by atoms with van der Waals surface area (Å²) in [4.78, 5) is 32.6. The minimum Gasteiger partial charge on any atom is -0.449 e. The second kappa shape index (κ2) is 10.7. The van der Waals surface area contributed by atoms with Crippen LogP contribution in [-0.2, 0) is 9.53 Å². The molecule has 0 saturated carbocycles. The van der Waals surface area contributed by atoms with E-state index in [0.717, 1.165) is 17.5 Å². The third-order valence-electron chi connectivity index (χ3n) is 5.49. The number of anilines is 1. The number of amides is 2. The lowest BCUT2D eigenvalue weighted by molar-refractivity contribution is -0.114. The van der Waals surface area contributed by atoms with E-state index < -0.39 is 12.2 Å². The first-order chi connectivity index (χ1) is 16.1. The molecule has 1 aliphatic rings. The van der Waals surface area contributed by atoms with Crippen LogP contribution in [0.3, 0.4) is 0 Å². The van der Waals surface area contributed by atoms with Crippen molar-refractivity contribution in [3.63, 3.8) is 0 Å². The number of aromatic amines is 1. The van der Waals surface area contributed by atoms with E-state index in [4.69, 9.17) is 4.74 Å². The number of ether oxygens (including phenoxy) is 1. The Morgan fingerprint density at radius 1 is 1.24 bits per heavy atom. The predicted molar refractivity (Wildman–Crippen MR) is 124 cm³/mol. The molecule has 1 aromatic carbocycles. The van der Waals surface area contributed by atoms with Crippen LogP contribution in [-0.4, -0.2) is 69.5 Å². The van der Waals surface area contributed by atoms with E-state index in [0.29, 0.717) is 43.8 Å².